The van der Waals surface area contributed by atoms with Gasteiger partial charge < -0.3 is 14.5 Å². The Balaban J connectivity index is 1.67. The molecule has 0 saturated carbocycles. The van der Waals surface area contributed by atoms with Gasteiger partial charge in [-0.2, -0.15) is 5.26 Å². The first kappa shape index (κ1) is 17.5. The van der Waals surface area contributed by atoms with E-state index < -0.39 is 0 Å². The minimum Gasteiger partial charge on any atom is -0.497 e. The average Bonchev–Trinajstić information content (AvgIpc) is 2.69. The quantitative estimate of drug-likeness (QED) is 0.847. The van der Waals surface area contributed by atoms with Crippen LogP contribution in [0.1, 0.15) is 21.5 Å². The van der Waals surface area contributed by atoms with Crippen LogP contribution in [0.3, 0.4) is 0 Å². The number of benzene rings is 2. The molecule has 132 valence electrons. The van der Waals surface area contributed by atoms with Crippen LogP contribution in [0.2, 0.25) is 0 Å². The van der Waals surface area contributed by atoms with Crippen LogP contribution >= 0.6 is 0 Å². The van der Waals surface area contributed by atoms with E-state index in [1.54, 1.807) is 36.3 Å². The molecule has 1 aliphatic heterocycles. The summed E-state index contributed by atoms with van der Waals surface area (Å²) in [5.74, 6) is 0.357. The van der Waals surface area contributed by atoms with Gasteiger partial charge in [0.2, 0.25) is 5.91 Å². The maximum atomic E-state index is 12.7. The summed E-state index contributed by atoms with van der Waals surface area (Å²) in [6.45, 7) is 1.39. The van der Waals surface area contributed by atoms with Crippen LogP contribution < -0.4 is 4.74 Å². The smallest absolute Gasteiger partial charge is 0.255 e. The molecule has 1 fully saturated rings. The number of hydrogen-bond donors (Lipinski definition) is 0. The predicted octanol–water partition coefficient (Wildman–Crippen LogP) is 2.05. The van der Waals surface area contributed by atoms with E-state index in [0.717, 1.165) is 11.3 Å². The van der Waals surface area contributed by atoms with Gasteiger partial charge in [0.25, 0.3) is 5.91 Å². The van der Waals surface area contributed by atoms with Crippen LogP contribution in [0.25, 0.3) is 0 Å². The average molecular weight is 349 g/mol. The van der Waals surface area contributed by atoms with Crippen molar-refractivity contribution in [3.8, 4) is 11.8 Å². The summed E-state index contributed by atoms with van der Waals surface area (Å²) >= 11 is 0. The second-order valence-corrected chi connectivity index (χ2v) is 6.05. The number of piperazine rings is 1. The normalized spacial score (nSPS) is 14.1. The minimum atomic E-state index is -0.281. The van der Waals surface area contributed by atoms with E-state index in [2.05, 4.69) is 0 Å². The molecule has 0 bridgehead atoms. The molecule has 0 unspecified atom stereocenters. The lowest BCUT2D eigenvalue weighted by Crippen LogP contribution is -2.51. The molecule has 0 spiro atoms. The Hall–Kier alpha value is -3.33. The number of hydrogen-bond acceptors (Lipinski definition) is 4. The monoisotopic (exact) mass is 349 g/mol. The van der Waals surface area contributed by atoms with E-state index in [4.69, 9.17) is 10.00 Å². The fraction of sp³-hybridized carbons (Fsp3) is 0.250. The van der Waals surface area contributed by atoms with E-state index in [-0.39, 0.29) is 18.4 Å². The van der Waals surface area contributed by atoms with Crippen molar-refractivity contribution in [1.29, 1.82) is 5.26 Å². The number of nitrogens with zero attached hydrogens (tertiary/aromatic N) is 3. The molecule has 1 saturated heterocycles. The van der Waals surface area contributed by atoms with E-state index in [9.17, 15) is 9.59 Å². The number of ether oxygens (including phenoxy) is 1. The third-order valence-electron chi connectivity index (χ3n) is 4.39. The first-order valence-corrected chi connectivity index (χ1v) is 8.31. The SMILES string of the molecule is COc1cccc(CN2CCN(C(=O)c3ccccc3C#N)CC2=O)c1. The van der Waals surface area contributed by atoms with E-state index in [1.165, 1.54) is 4.90 Å². The number of methoxy groups -OCH3 is 1. The second kappa shape index (κ2) is 7.70. The van der Waals surface area contributed by atoms with Crippen molar-refractivity contribution in [2.75, 3.05) is 26.7 Å². The van der Waals surface area contributed by atoms with Gasteiger partial charge in [-0.25, -0.2) is 0 Å². The van der Waals surface area contributed by atoms with Gasteiger partial charge in [0.15, 0.2) is 0 Å². The van der Waals surface area contributed by atoms with Crippen molar-refractivity contribution >= 4 is 11.8 Å². The summed E-state index contributed by atoms with van der Waals surface area (Å²) in [6, 6.07) is 16.3. The van der Waals surface area contributed by atoms with Crippen LogP contribution in [0.5, 0.6) is 5.75 Å². The van der Waals surface area contributed by atoms with E-state index in [0.29, 0.717) is 30.8 Å². The lowest BCUT2D eigenvalue weighted by Gasteiger charge is -2.34. The van der Waals surface area contributed by atoms with Crippen LogP contribution in [-0.4, -0.2) is 48.4 Å². The molecule has 0 aromatic heterocycles. The standard InChI is InChI=1S/C20H19N3O3/c1-26-17-7-4-5-15(11-17)13-22-9-10-23(14-19(22)24)20(25)18-8-3-2-6-16(18)12-21/h2-8,11H,9-10,13-14H2,1H3. The Bertz CT molecular complexity index is 873. The Morgan fingerprint density at radius 2 is 2.00 bits per heavy atom. The molecular formula is C20H19N3O3. The predicted molar refractivity (Wildman–Crippen MR) is 95.5 cm³/mol. The van der Waals surface area contributed by atoms with Crippen molar-refractivity contribution in [2.24, 2.45) is 0 Å². The van der Waals surface area contributed by atoms with Gasteiger partial charge in [-0.3, -0.25) is 9.59 Å². The summed E-state index contributed by atoms with van der Waals surface area (Å²) in [4.78, 5) is 28.4. The van der Waals surface area contributed by atoms with Crippen LogP contribution in [0.15, 0.2) is 48.5 Å². The van der Waals surface area contributed by atoms with Gasteiger partial charge in [-0.15, -0.1) is 0 Å². The van der Waals surface area contributed by atoms with Crippen molar-refractivity contribution in [1.82, 2.24) is 9.80 Å². The number of rotatable bonds is 4. The summed E-state index contributed by atoms with van der Waals surface area (Å²) < 4.78 is 5.21. The zero-order valence-corrected chi connectivity index (χ0v) is 14.5. The highest BCUT2D eigenvalue weighted by Gasteiger charge is 2.28. The number of carbonyl (C=O) groups is 2. The highest BCUT2D eigenvalue weighted by Crippen LogP contribution is 2.17. The lowest BCUT2D eigenvalue weighted by molar-refractivity contribution is -0.135. The first-order chi connectivity index (χ1) is 12.6. The molecule has 6 heteroatoms. The van der Waals surface area contributed by atoms with Crippen molar-refractivity contribution in [2.45, 2.75) is 6.54 Å². The van der Waals surface area contributed by atoms with E-state index in [1.807, 2.05) is 30.3 Å². The second-order valence-electron chi connectivity index (χ2n) is 6.05. The summed E-state index contributed by atoms with van der Waals surface area (Å²) in [7, 11) is 1.60. The molecule has 3 rings (SSSR count). The van der Waals surface area contributed by atoms with Gasteiger partial charge in [0, 0.05) is 19.6 Å². The van der Waals surface area contributed by atoms with Gasteiger partial charge in [-0.05, 0) is 29.8 Å². The summed E-state index contributed by atoms with van der Waals surface area (Å²) in [6.07, 6.45) is 0. The Kier molecular flexibility index (Phi) is 5.18. The lowest BCUT2D eigenvalue weighted by atomic mass is 10.1. The molecule has 1 heterocycles. The number of amides is 2. The van der Waals surface area contributed by atoms with Crippen molar-refractivity contribution in [3.63, 3.8) is 0 Å². The van der Waals surface area contributed by atoms with Crippen LogP contribution in [0, 0.1) is 11.3 Å². The minimum absolute atomic E-state index is 0.0164. The molecule has 2 aromatic rings. The zero-order valence-electron chi connectivity index (χ0n) is 14.5. The summed E-state index contributed by atoms with van der Waals surface area (Å²) in [5, 5.41) is 9.16. The molecule has 26 heavy (non-hydrogen) atoms. The van der Waals surface area contributed by atoms with Gasteiger partial charge in [0.05, 0.1) is 24.3 Å². The molecule has 0 atom stereocenters. The molecule has 2 amide bonds. The molecule has 6 nitrogen and oxygen atoms in total. The van der Waals surface area contributed by atoms with Gasteiger partial charge in [0.1, 0.15) is 12.3 Å². The fourth-order valence-corrected chi connectivity index (χ4v) is 2.98. The molecule has 2 aromatic carbocycles. The molecule has 0 radical (unpaired) electrons. The van der Waals surface area contributed by atoms with Crippen molar-refractivity contribution in [3.05, 3.63) is 65.2 Å². The Morgan fingerprint density at radius 3 is 2.73 bits per heavy atom. The maximum absolute atomic E-state index is 12.7. The van der Waals surface area contributed by atoms with Gasteiger partial charge >= 0.3 is 0 Å². The Morgan fingerprint density at radius 1 is 1.19 bits per heavy atom. The fourth-order valence-electron chi connectivity index (χ4n) is 2.98. The molecule has 0 aliphatic carbocycles. The third-order valence-corrected chi connectivity index (χ3v) is 4.39. The number of carbonyl (C=O) groups excluding carboxylic acids is 2. The first-order valence-electron chi connectivity index (χ1n) is 8.31. The molecule has 0 N–H and O–H groups in total. The van der Waals surface area contributed by atoms with Crippen LogP contribution in [0.4, 0.5) is 0 Å². The summed E-state index contributed by atoms with van der Waals surface area (Å²) in [5.41, 5.74) is 1.64. The largest absolute Gasteiger partial charge is 0.497 e. The van der Waals surface area contributed by atoms with E-state index >= 15 is 0 Å². The zero-order chi connectivity index (χ0) is 18.5. The third kappa shape index (κ3) is 3.67. The van der Waals surface area contributed by atoms with Crippen LogP contribution in [-0.2, 0) is 11.3 Å². The number of nitriles is 1. The highest BCUT2D eigenvalue weighted by molar-refractivity contribution is 5.99. The topological polar surface area (TPSA) is 73.6 Å². The molecule has 1 aliphatic rings. The Labute approximate surface area is 152 Å². The van der Waals surface area contributed by atoms with Gasteiger partial charge in [-0.1, -0.05) is 24.3 Å². The molecular weight excluding hydrogens is 330 g/mol. The van der Waals surface area contributed by atoms with Crippen molar-refractivity contribution < 1.29 is 14.3 Å². The highest BCUT2D eigenvalue weighted by atomic mass is 16.5. The maximum Gasteiger partial charge on any atom is 0.255 e.